The summed E-state index contributed by atoms with van der Waals surface area (Å²) in [5, 5.41) is 10.7. The number of carbonyl (C=O) groups is 1. The Morgan fingerprint density at radius 3 is 2.54 bits per heavy atom. The Morgan fingerprint density at radius 1 is 1.38 bits per heavy atom. The van der Waals surface area contributed by atoms with Crippen LogP contribution in [0.25, 0.3) is 11.3 Å². The first-order chi connectivity index (χ1) is 11.3. The Labute approximate surface area is 140 Å². The van der Waals surface area contributed by atoms with E-state index in [0.29, 0.717) is 11.3 Å². The Hall–Kier alpha value is -2.61. The number of carbonyl (C=O) groups excluding carboxylic acids is 1. The molecular formula is C15H12ClF2N3O3. The van der Waals surface area contributed by atoms with Crippen molar-refractivity contribution in [1.82, 2.24) is 4.98 Å². The fourth-order valence-corrected chi connectivity index (χ4v) is 2.37. The molecule has 0 aliphatic rings. The number of amides is 1. The molecule has 0 unspecified atom stereocenters. The van der Waals surface area contributed by atoms with Gasteiger partial charge in [0.05, 0.1) is 27.9 Å². The van der Waals surface area contributed by atoms with Crippen LogP contribution in [0.5, 0.6) is 0 Å². The zero-order valence-electron chi connectivity index (χ0n) is 12.4. The molecule has 2 rings (SSSR count). The number of benzene rings is 1. The SMILES string of the molecule is CC(=O)N(CC(F)F)c1ccc(-c2ccc([N+](=O)[O-])cn2)cc1Cl. The highest BCUT2D eigenvalue weighted by atomic mass is 35.5. The maximum Gasteiger partial charge on any atom is 0.287 e. The third-order valence-electron chi connectivity index (χ3n) is 3.19. The van der Waals surface area contributed by atoms with Crippen LogP contribution in [-0.2, 0) is 4.79 Å². The van der Waals surface area contributed by atoms with Crippen LogP contribution >= 0.6 is 11.6 Å². The first-order valence-electron chi connectivity index (χ1n) is 6.76. The second-order valence-corrected chi connectivity index (χ2v) is 5.25. The minimum atomic E-state index is -2.69. The molecule has 2 aromatic rings. The number of rotatable bonds is 5. The number of aromatic nitrogens is 1. The number of anilines is 1. The van der Waals surface area contributed by atoms with Gasteiger partial charge in [0.1, 0.15) is 6.20 Å². The molecule has 0 N–H and O–H groups in total. The molecule has 1 amide bonds. The van der Waals surface area contributed by atoms with E-state index in [4.69, 9.17) is 11.6 Å². The molecule has 0 aliphatic carbocycles. The number of hydrogen-bond acceptors (Lipinski definition) is 4. The number of alkyl halides is 2. The van der Waals surface area contributed by atoms with Gasteiger partial charge in [-0.15, -0.1) is 0 Å². The zero-order valence-corrected chi connectivity index (χ0v) is 13.2. The average Bonchev–Trinajstić information content (AvgIpc) is 2.52. The van der Waals surface area contributed by atoms with Crippen LogP contribution in [0.15, 0.2) is 36.5 Å². The van der Waals surface area contributed by atoms with E-state index >= 15 is 0 Å². The van der Waals surface area contributed by atoms with Crippen molar-refractivity contribution in [2.45, 2.75) is 13.3 Å². The quantitative estimate of drug-likeness (QED) is 0.601. The van der Waals surface area contributed by atoms with Gasteiger partial charge in [-0.1, -0.05) is 17.7 Å². The van der Waals surface area contributed by atoms with Crippen molar-refractivity contribution in [3.63, 3.8) is 0 Å². The molecule has 9 heteroatoms. The molecule has 1 heterocycles. The van der Waals surface area contributed by atoms with Crippen LogP contribution in [0.2, 0.25) is 5.02 Å². The predicted molar refractivity (Wildman–Crippen MR) is 85.4 cm³/mol. The van der Waals surface area contributed by atoms with Crippen LogP contribution < -0.4 is 4.90 Å². The summed E-state index contributed by atoms with van der Waals surface area (Å²) in [6.45, 7) is 0.411. The van der Waals surface area contributed by atoms with Crippen LogP contribution in [0.1, 0.15) is 6.92 Å². The highest BCUT2D eigenvalue weighted by Gasteiger charge is 2.19. The van der Waals surface area contributed by atoms with E-state index in [2.05, 4.69) is 4.98 Å². The Balaban J connectivity index is 2.34. The van der Waals surface area contributed by atoms with Gasteiger partial charge < -0.3 is 4.90 Å². The summed E-state index contributed by atoms with van der Waals surface area (Å²) in [6.07, 6.45) is -1.59. The molecule has 0 spiro atoms. The first kappa shape index (κ1) is 17.7. The van der Waals surface area contributed by atoms with Gasteiger partial charge in [-0.25, -0.2) is 13.8 Å². The summed E-state index contributed by atoms with van der Waals surface area (Å²) in [7, 11) is 0. The van der Waals surface area contributed by atoms with E-state index in [1.54, 1.807) is 6.07 Å². The summed E-state index contributed by atoms with van der Waals surface area (Å²) in [4.78, 5) is 26.5. The highest BCUT2D eigenvalue weighted by molar-refractivity contribution is 6.34. The zero-order chi connectivity index (χ0) is 17.9. The second kappa shape index (κ2) is 7.31. The third kappa shape index (κ3) is 4.02. The number of nitrogens with zero attached hydrogens (tertiary/aromatic N) is 3. The number of hydrogen-bond donors (Lipinski definition) is 0. The summed E-state index contributed by atoms with van der Waals surface area (Å²) >= 11 is 6.11. The molecule has 0 atom stereocenters. The van der Waals surface area contributed by atoms with Gasteiger partial charge in [0.25, 0.3) is 12.1 Å². The fraction of sp³-hybridized carbons (Fsp3) is 0.200. The van der Waals surface area contributed by atoms with Gasteiger partial charge in [0.2, 0.25) is 5.91 Å². The molecular weight excluding hydrogens is 344 g/mol. The van der Waals surface area contributed by atoms with Gasteiger partial charge in [-0.05, 0) is 18.2 Å². The van der Waals surface area contributed by atoms with Crippen LogP contribution in [-0.4, -0.2) is 28.8 Å². The van der Waals surface area contributed by atoms with Gasteiger partial charge in [0, 0.05) is 18.6 Å². The Bertz CT molecular complexity index is 769. The molecule has 0 fully saturated rings. The molecule has 0 saturated carbocycles. The third-order valence-corrected chi connectivity index (χ3v) is 3.50. The van der Waals surface area contributed by atoms with E-state index in [-0.39, 0.29) is 16.4 Å². The molecule has 0 bridgehead atoms. The van der Waals surface area contributed by atoms with Crippen molar-refractivity contribution in [3.05, 3.63) is 51.7 Å². The predicted octanol–water partition coefficient (Wildman–Crippen LogP) is 3.93. The fourth-order valence-electron chi connectivity index (χ4n) is 2.08. The van der Waals surface area contributed by atoms with E-state index in [1.807, 2.05) is 0 Å². The van der Waals surface area contributed by atoms with Crippen molar-refractivity contribution in [2.24, 2.45) is 0 Å². The minimum absolute atomic E-state index is 0.100. The number of pyridine rings is 1. The molecule has 24 heavy (non-hydrogen) atoms. The number of nitro groups is 1. The molecule has 126 valence electrons. The largest absolute Gasteiger partial charge is 0.305 e. The van der Waals surface area contributed by atoms with Gasteiger partial charge >= 0.3 is 0 Å². The van der Waals surface area contributed by atoms with Crippen molar-refractivity contribution < 1.29 is 18.5 Å². The standard InChI is InChI=1S/C15H12ClF2N3O3/c1-9(22)20(8-15(17)18)14-5-2-10(6-12(14)16)13-4-3-11(7-19-13)21(23)24/h2-7,15H,8H2,1H3. The maximum absolute atomic E-state index is 12.6. The van der Waals surface area contributed by atoms with E-state index in [0.717, 1.165) is 11.1 Å². The van der Waals surface area contributed by atoms with E-state index in [9.17, 15) is 23.7 Å². The van der Waals surface area contributed by atoms with Crippen LogP contribution in [0, 0.1) is 10.1 Å². The lowest BCUT2D eigenvalue weighted by molar-refractivity contribution is -0.385. The molecule has 1 aromatic heterocycles. The molecule has 0 aliphatic heterocycles. The lowest BCUT2D eigenvalue weighted by Gasteiger charge is -2.22. The van der Waals surface area contributed by atoms with Crippen molar-refractivity contribution in [1.29, 1.82) is 0 Å². The summed E-state index contributed by atoms with van der Waals surface area (Å²) in [5.74, 6) is -0.557. The smallest absolute Gasteiger partial charge is 0.287 e. The Kier molecular flexibility index (Phi) is 5.40. The molecule has 0 radical (unpaired) electrons. The van der Waals surface area contributed by atoms with Gasteiger partial charge in [-0.3, -0.25) is 14.9 Å². The van der Waals surface area contributed by atoms with Crippen LogP contribution in [0.4, 0.5) is 20.2 Å². The Morgan fingerprint density at radius 2 is 2.08 bits per heavy atom. The summed E-state index contributed by atoms with van der Waals surface area (Å²) in [6, 6.07) is 7.20. The molecule has 0 saturated heterocycles. The van der Waals surface area contributed by atoms with Gasteiger partial charge in [0.15, 0.2) is 0 Å². The van der Waals surface area contributed by atoms with Gasteiger partial charge in [-0.2, -0.15) is 0 Å². The van der Waals surface area contributed by atoms with E-state index in [1.165, 1.54) is 31.2 Å². The minimum Gasteiger partial charge on any atom is -0.305 e. The average molecular weight is 356 g/mol. The monoisotopic (exact) mass is 355 g/mol. The topological polar surface area (TPSA) is 76.3 Å². The van der Waals surface area contributed by atoms with Crippen LogP contribution in [0.3, 0.4) is 0 Å². The first-order valence-corrected chi connectivity index (χ1v) is 7.14. The maximum atomic E-state index is 12.6. The summed E-state index contributed by atoms with van der Waals surface area (Å²) < 4.78 is 25.2. The highest BCUT2D eigenvalue weighted by Crippen LogP contribution is 2.31. The normalized spacial score (nSPS) is 10.7. The second-order valence-electron chi connectivity index (χ2n) is 4.85. The van der Waals surface area contributed by atoms with Crippen molar-refractivity contribution in [2.75, 3.05) is 11.4 Å². The summed E-state index contributed by atoms with van der Waals surface area (Å²) in [5.41, 5.74) is 0.979. The lowest BCUT2D eigenvalue weighted by Crippen LogP contribution is -2.33. The number of halogens is 3. The lowest BCUT2D eigenvalue weighted by atomic mass is 10.1. The van der Waals surface area contributed by atoms with Crippen molar-refractivity contribution >= 4 is 28.9 Å². The molecule has 6 nitrogen and oxygen atoms in total. The van der Waals surface area contributed by atoms with E-state index < -0.39 is 23.8 Å². The molecule has 1 aromatic carbocycles. The van der Waals surface area contributed by atoms with Crippen molar-refractivity contribution in [3.8, 4) is 11.3 Å².